The van der Waals surface area contributed by atoms with E-state index in [1.807, 2.05) is 0 Å². The normalized spacial score (nSPS) is 11.4. The molecule has 0 atom stereocenters. The minimum absolute atomic E-state index is 0. The SMILES string of the molecule is Cc1cc(C(=O)c2c(C)nn(-c3c(F)c(F)c(F)c(F)c3F)c2O)cc(C(F)(F)F)c1.[Mn]. The number of aryl methyl sites for hydroxylation is 2. The number of aromatic hydroxyl groups is 1. The quantitative estimate of drug-likeness (QED) is 0.177. The Morgan fingerprint density at radius 2 is 1.41 bits per heavy atom. The molecule has 32 heavy (non-hydrogen) atoms. The molecule has 0 amide bonds. The van der Waals surface area contributed by atoms with Gasteiger partial charge in [-0.05, 0) is 37.6 Å². The van der Waals surface area contributed by atoms with Gasteiger partial charge in [-0.25, -0.2) is 22.0 Å². The molecule has 1 heterocycles. The maximum absolute atomic E-state index is 14.1. The molecule has 0 aliphatic heterocycles. The van der Waals surface area contributed by atoms with Gasteiger partial charge in [-0.3, -0.25) is 4.79 Å². The zero-order valence-electron chi connectivity index (χ0n) is 15.9. The number of aromatic nitrogens is 2. The second-order valence-corrected chi connectivity index (χ2v) is 6.53. The van der Waals surface area contributed by atoms with Crippen molar-refractivity contribution in [3.05, 3.63) is 75.2 Å². The molecule has 0 unspecified atom stereocenters. The van der Waals surface area contributed by atoms with E-state index in [0.29, 0.717) is 6.07 Å². The van der Waals surface area contributed by atoms with Crippen molar-refractivity contribution < 1.29 is 62.1 Å². The number of alkyl halides is 3. The number of rotatable bonds is 3. The van der Waals surface area contributed by atoms with Crippen LogP contribution in [0.2, 0.25) is 0 Å². The largest absolute Gasteiger partial charge is 0.493 e. The first-order valence-corrected chi connectivity index (χ1v) is 8.29. The van der Waals surface area contributed by atoms with E-state index in [-0.39, 0.29) is 27.3 Å². The minimum Gasteiger partial charge on any atom is -0.493 e. The number of carbonyl (C=O) groups excluding carboxylic acids is 1. The Hall–Kier alpha value is -2.92. The van der Waals surface area contributed by atoms with Crippen molar-refractivity contribution >= 4 is 5.78 Å². The molecule has 0 fully saturated rings. The summed E-state index contributed by atoms with van der Waals surface area (Å²) in [5.74, 6) is -14.3. The fourth-order valence-electron chi connectivity index (χ4n) is 2.94. The Kier molecular flexibility index (Phi) is 6.77. The molecule has 0 aliphatic rings. The summed E-state index contributed by atoms with van der Waals surface area (Å²) in [6.07, 6.45) is -4.79. The Labute approximate surface area is 184 Å². The van der Waals surface area contributed by atoms with Crippen molar-refractivity contribution in [3.63, 3.8) is 0 Å². The molecule has 1 radical (unpaired) electrons. The van der Waals surface area contributed by atoms with Crippen LogP contribution in [0.5, 0.6) is 5.88 Å². The van der Waals surface area contributed by atoms with Gasteiger partial charge in [0.05, 0.1) is 11.3 Å². The van der Waals surface area contributed by atoms with Crippen LogP contribution >= 0.6 is 0 Å². The van der Waals surface area contributed by atoms with Crippen LogP contribution in [0.4, 0.5) is 35.1 Å². The van der Waals surface area contributed by atoms with E-state index in [1.165, 1.54) is 6.92 Å². The molecule has 0 bridgehead atoms. The summed E-state index contributed by atoms with van der Waals surface area (Å²) in [7, 11) is 0. The number of carbonyl (C=O) groups is 1. The van der Waals surface area contributed by atoms with E-state index in [4.69, 9.17) is 0 Å². The monoisotopic (exact) mass is 505 g/mol. The van der Waals surface area contributed by atoms with Crippen LogP contribution in [0.1, 0.15) is 32.7 Å². The molecule has 1 aromatic heterocycles. The van der Waals surface area contributed by atoms with Crippen LogP contribution in [-0.4, -0.2) is 20.7 Å². The first-order chi connectivity index (χ1) is 14.3. The summed E-state index contributed by atoms with van der Waals surface area (Å²) in [5.41, 5.74) is -4.52. The number of halogens is 8. The molecule has 4 nitrogen and oxygen atoms in total. The zero-order valence-corrected chi connectivity index (χ0v) is 17.1. The van der Waals surface area contributed by atoms with E-state index in [9.17, 15) is 45.0 Å². The molecular formula is C19H10F8MnN2O2. The Morgan fingerprint density at radius 1 is 0.906 bits per heavy atom. The van der Waals surface area contributed by atoms with Gasteiger partial charge in [-0.15, -0.1) is 0 Å². The Bertz CT molecular complexity index is 1210. The van der Waals surface area contributed by atoms with E-state index < -0.39 is 75.0 Å². The van der Waals surface area contributed by atoms with Gasteiger partial charge in [0.2, 0.25) is 11.7 Å². The summed E-state index contributed by atoms with van der Waals surface area (Å²) < 4.78 is 107. The summed E-state index contributed by atoms with van der Waals surface area (Å²) in [4.78, 5) is 12.7. The molecule has 1 N–H and O–H groups in total. The van der Waals surface area contributed by atoms with Crippen LogP contribution in [0, 0.1) is 42.9 Å². The number of nitrogens with zero attached hydrogens (tertiary/aromatic N) is 2. The molecule has 13 heteroatoms. The van der Waals surface area contributed by atoms with Crippen LogP contribution in [-0.2, 0) is 23.2 Å². The molecule has 3 aromatic rings. The van der Waals surface area contributed by atoms with Gasteiger partial charge in [0.25, 0.3) is 0 Å². The summed E-state index contributed by atoms with van der Waals surface area (Å²) in [6, 6.07) is 2.32. The second kappa shape index (κ2) is 8.55. The number of hydrogen-bond donors (Lipinski definition) is 1. The van der Waals surface area contributed by atoms with Gasteiger partial charge < -0.3 is 5.11 Å². The first-order valence-electron chi connectivity index (χ1n) is 8.29. The predicted molar refractivity (Wildman–Crippen MR) is 89.4 cm³/mol. The Morgan fingerprint density at radius 3 is 1.91 bits per heavy atom. The average molecular weight is 505 g/mol. The fourth-order valence-corrected chi connectivity index (χ4v) is 2.94. The van der Waals surface area contributed by atoms with E-state index in [1.54, 1.807) is 0 Å². The number of hydrogen-bond acceptors (Lipinski definition) is 3. The van der Waals surface area contributed by atoms with E-state index >= 15 is 0 Å². The summed E-state index contributed by atoms with van der Waals surface area (Å²) >= 11 is 0. The topological polar surface area (TPSA) is 55.1 Å². The van der Waals surface area contributed by atoms with Gasteiger partial charge >= 0.3 is 6.18 Å². The molecule has 171 valence electrons. The third-order valence-corrected chi connectivity index (χ3v) is 4.33. The molecule has 0 saturated heterocycles. The van der Waals surface area contributed by atoms with Crippen molar-refractivity contribution in [2.45, 2.75) is 20.0 Å². The van der Waals surface area contributed by atoms with Crippen LogP contribution < -0.4 is 0 Å². The first kappa shape index (κ1) is 25.3. The smallest absolute Gasteiger partial charge is 0.416 e. The second-order valence-electron chi connectivity index (χ2n) is 6.53. The van der Waals surface area contributed by atoms with Gasteiger partial charge in [0.15, 0.2) is 29.1 Å². The molecule has 2 aromatic carbocycles. The number of benzene rings is 2. The number of ketones is 1. The molecular weight excluding hydrogens is 495 g/mol. The van der Waals surface area contributed by atoms with Crippen molar-refractivity contribution in [1.29, 1.82) is 0 Å². The van der Waals surface area contributed by atoms with Crippen LogP contribution in [0.25, 0.3) is 5.69 Å². The van der Waals surface area contributed by atoms with Crippen molar-refractivity contribution in [3.8, 4) is 11.6 Å². The molecule has 0 saturated carbocycles. The molecule has 0 spiro atoms. The molecule has 0 aliphatic carbocycles. The standard InChI is InChI=1S/C19H10F8N2O2.Mn/c1-6-3-8(5-9(4-6)19(25,26)27)17(30)10-7(2)28-29(18(10)31)16-14(23)12(21)11(20)13(22)15(16)24;/h3-5,31H,1-2H3;. The van der Waals surface area contributed by atoms with Crippen molar-refractivity contribution in [2.24, 2.45) is 0 Å². The third-order valence-electron chi connectivity index (χ3n) is 4.33. The molecule has 3 rings (SSSR count). The maximum Gasteiger partial charge on any atom is 0.416 e. The van der Waals surface area contributed by atoms with Gasteiger partial charge in [0, 0.05) is 22.6 Å². The minimum atomic E-state index is -4.79. The van der Waals surface area contributed by atoms with Gasteiger partial charge in [0.1, 0.15) is 11.3 Å². The predicted octanol–water partition coefficient (Wildman–Crippen LogP) is 5.14. The fraction of sp³-hybridized carbons (Fsp3) is 0.158. The van der Waals surface area contributed by atoms with Gasteiger partial charge in [-0.1, -0.05) is 0 Å². The van der Waals surface area contributed by atoms with Crippen LogP contribution in [0.3, 0.4) is 0 Å². The van der Waals surface area contributed by atoms with Crippen molar-refractivity contribution in [2.75, 3.05) is 0 Å². The van der Waals surface area contributed by atoms with Crippen LogP contribution in [0.15, 0.2) is 18.2 Å². The van der Waals surface area contributed by atoms with E-state index in [2.05, 4.69) is 5.10 Å². The third kappa shape index (κ3) is 4.09. The van der Waals surface area contributed by atoms with E-state index in [0.717, 1.165) is 19.1 Å². The summed E-state index contributed by atoms with van der Waals surface area (Å²) in [6.45, 7) is 2.33. The Balaban J connectivity index is 0.00000363. The zero-order chi connectivity index (χ0) is 23.4. The maximum atomic E-state index is 14.1. The summed E-state index contributed by atoms with van der Waals surface area (Å²) in [5, 5.41) is 13.7. The van der Waals surface area contributed by atoms with Crippen molar-refractivity contribution in [1.82, 2.24) is 9.78 Å². The van der Waals surface area contributed by atoms with Gasteiger partial charge in [-0.2, -0.15) is 23.0 Å². The average Bonchev–Trinajstić information content (AvgIpc) is 2.97.